The molecule has 0 fully saturated rings. The van der Waals surface area contributed by atoms with Crippen LogP contribution >= 0.6 is 11.3 Å². The molecule has 0 bridgehead atoms. The molecule has 41 heavy (non-hydrogen) atoms. The molecule has 0 aliphatic heterocycles. The van der Waals surface area contributed by atoms with Crippen molar-refractivity contribution >= 4 is 23.2 Å². The first kappa shape index (κ1) is 30.0. The first-order chi connectivity index (χ1) is 19.5. The summed E-state index contributed by atoms with van der Waals surface area (Å²) in [6.07, 6.45) is 9.14. The lowest BCUT2D eigenvalue weighted by molar-refractivity contribution is -0.144. The minimum atomic E-state index is -1.63. The van der Waals surface area contributed by atoms with Gasteiger partial charge in [0.15, 0.2) is 16.4 Å². The summed E-state index contributed by atoms with van der Waals surface area (Å²) in [5.74, 6) is -1.11. The Kier molecular flexibility index (Phi) is 9.28. The SMILES string of the molecule is CCCCCCc1nnc(-c2cnc(-c3ccc([C@](C)(NC(=O)c4ccc(C(C)(C)C)cc4)C(=O)O)cc3)nc2)s1. The summed E-state index contributed by atoms with van der Waals surface area (Å²) in [6.45, 7) is 9.96. The number of nitrogens with one attached hydrogen (secondary N) is 1. The first-order valence-electron chi connectivity index (χ1n) is 13.9. The Balaban J connectivity index is 1.46. The second-order valence-corrected chi connectivity index (χ2v) is 12.5. The summed E-state index contributed by atoms with van der Waals surface area (Å²) in [5.41, 5.74) is 1.78. The zero-order chi connectivity index (χ0) is 29.6. The minimum absolute atomic E-state index is 0.0501. The van der Waals surface area contributed by atoms with E-state index in [-0.39, 0.29) is 5.41 Å². The number of rotatable bonds is 11. The van der Waals surface area contributed by atoms with E-state index in [0.717, 1.165) is 39.5 Å². The van der Waals surface area contributed by atoms with Crippen LogP contribution in [0.2, 0.25) is 0 Å². The molecule has 2 heterocycles. The number of unbranched alkanes of at least 4 members (excludes halogenated alkanes) is 3. The van der Waals surface area contributed by atoms with E-state index in [2.05, 4.69) is 53.2 Å². The standard InChI is InChI=1S/C32H37N5O3S/c1-6-7-8-9-10-26-36-37-29(41-26)23-19-33-27(34-20-23)21-11-17-25(18-12-21)32(5,30(39)40)35-28(38)22-13-15-24(16-14-22)31(2,3)4/h11-20H,6-10H2,1-5H3,(H,35,38)(H,39,40)/t32-/m0/s1. The lowest BCUT2D eigenvalue weighted by atomic mass is 9.86. The van der Waals surface area contributed by atoms with Crippen molar-refractivity contribution in [3.63, 3.8) is 0 Å². The molecule has 4 aromatic rings. The zero-order valence-corrected chi connectivity index (χ0v) is 25.1. The monoisotopic (exact) mass is 571 g/mol. The smallest absolute Gasteiger partial charge is 0.333 e. The molecule has 0 saturated carbocycles. The molecule has 0 spiro atoms. The molecular formula is C32H37N5O3S. The van der Waals surface area contributed by atoms with Gasteiger partial charge in [0.1, 0.15) is 5.01 Å². The topological polar surface area (TPSA) is 118 Å². The Bertz CT molecular complexity index is 1480. The average molecular weight is 572 g/mol. The van der Waals surface area contributed by atoms with E-state index in [4.69, 9.17) is 0 Å². The highest BCUT2D eigenvalue weighted by Gasteiger charge is 2.37. The molecule has 0 aliphatic carbocycles. The van der Waals surface area contributed by atoms with Crippen molar-refractivity contribution < 1.29 is 14.7 Å². The van der Waals surface area contributed by atoms with E-state index in [9.17, 15) is 14.7 Å². The average Bonchev–Trinajstić information content (AvgIpc) is 3.44. The Morgan fingerprint density at radius 1 is 0.829 bits per heavy atom. The van der Waals surface area contributed by atoms with E-state index < -0.39 is 17.4 Å². The van der Waals surface area contributed by atoms with Crippen molar-refractivity contribution in [1.29, 1.82) is 0 Å². The molecule has 0 saturated heterocycles. The number of carbonyl (C=O) groups excluding carboxylic acids is 1. The highest BCUT2D eigenvalue weighted by Crippen LogP contribution is 2.28. The van der Waals surface area contributed by atoms with Crippen LogP contribution in [0, 0.1) is 0 Å². The van der Waals surface area contributed by atoms with E-state index in [1.807, 2.05) is 12.1 Å². The van der Waals surface area contributed by atoms with Gasteiger partial charge in [-0.1, -0.05) is 94.7 Å². The van der Waals surface area contributed by atoms with E-state index in [1.165, 1.54) is 26.2 Å². The van der Waals surface area contributed by atoms with Crippen LogP contribution in [0.1, 0.15) is 86.8 Å². The van der Waals surface area contributed by atoms with Gasteiger partial charge >= 0.3 is 5.97 Å². The van der Waals surface area contributed by atoms with Crippen LogP contribution in [0.25, 0.3) is 22.0 Å². The van der Waals surface area contributed by atoms with Gasteiger partial charge in [-0.05, 0) is 42.0 Å². The number of carboxylic acids is 1. The molecule has 8 nitrogen and oxygen atoms in total. The number of amides is 1. The quantitative estimate of drug-likeness (QED) is 0.190. The van der Waals surface area contributed by atoms with Gasteiger partial charge in [0.25, 0.3) is 5.91 Å². The highest BCUT2D eigenvalue weighted by molar-refractivity contribution is 7.14. The number of hydrogen-bond donors (Lipinski definition) is 2. The van der Waals surface area contributed by atoms with Crippen molar-refractivity contribution in [3.05, 3.63) is 82.6 Å². The number of aliphatic carboxylic acids is 1. The van der Waals surface area contributed by atoms with Crippen molar-refractivity contribution in [2.45, 2.75) is 77.7 Å². The molecule has 2 N–H and O–H groups in total. The predicted octanol–water partition coefficient (Wildman–Crippen LogP) is 6.81. The Labute approximate surface area is 245 Å². The molecule has 0 unspecified atom stereocenters. The lowest BCUT2D eigenvalue weighted by Gasteiger charge is -2.27. The number of nitrogens with zero attached hydrogens (tertiary/aromatic N) is 4. The zero-order valence-electron chi connectivity index (χ0n) is 24.3. The number of aromatic nitrogens is 4. The molecule has 9 heteroatoms. The van der Waals surface area contributed by atoms with Gasteiger partial charge in [-0.3, -0.25) is 4.79 Å². The summed E-state index contributed by atoms with van der Waals surface area (Å²) in [7, 11) is 0. The predicted molar refractivity (Wildman–Crippen MR) is 162 cm³/mol. The van der Waals surface area contributed by atoms with E-state index in [1.54, 1.807) is 60.1 Å². The van der Waals surface area contributed by atoms with Crippen LogP contribution in [0.15, 0.2) is 60.9 Å². The molecule has 1 atom stereocenters. The third-order valence-corrected chi connectivity index (χ3v) is 8.17. The fourth-order valence-electron chi connectivity index (χ4n) is 4.38. The summed E-state index contributed by atoms with van der Waals surface area (Å²) < 4.78 is 0. The Hall–Kier alpha value is -3.98. The van der Waals surface area contributed by atoms with Crippen molar-refractivity contribution in [2.24, 2.45) is 0 Å². The van der Waals surface area contributed by atoms with Crippen LogP contribution in [-0.2, 0) is 22.2 Å². The van der Waals surface area contributed by atoms with Gasteiger partial charge in [-0.25, -0.2) is 14.8 Å². The Morgan fingerprint density at radius 3 is 2.05 bits per heavy atom. The third kappa shape index (κ3) is 7.21. The number of aryl methyl sites for hydroxylation is 1. The van der Waals surface area contributed by atoms with Crippen molar-refractivity contribution in [2.75, 3.05) is 0 Å². The molecule has 2 aromatic heterocycles. The molecule has 214 valence electrons. The maximum absolute atomic E-state index is 13.0. The highest BCUT2D eigenvalue weighted by atomic mass is 32.1. The summed E-state index contributed by atoms with van der Waals surface area (Å²) in [4.78, 5) is 34.4. The third-order valence-electron chi connectivity index (χ3n) is 7.13. The Morgan fingerprint density at radius 2 is 1.46 bits per heavy atom. The van der Waals surface area contributed by atoms with Crippen LogP contribution in [0.5, 0.6) is 0 Å². The molecule has 0 aliphatic rings. The van der Waals surface area contributed by atoms with Crippen molar-refractivity contribution in [3.8, 4) is 22.0 Å². The minimum Gasteiger partial charge on any atom is -0.479 e. The van der Waals surface area contributed by atoms with Crippen LogP contribution in [0.4, 0.5) is 0 Å². The number of carbonyl (C=O) groups is 2. The fraction of sp³-hybridized carbons (Fsp3) is 0.375. The van der Waals surface area contributed by atoms with Gasteiger partial charge < -0.3 is 10.4 Å². The number of benzene rings is 2. The van der Waals surface area contributed by atoms with Crippen LogP contribution in [-0.4, -0.2) is 37.1 Å². The summed E-state index contributed by atoms with van der Waals surface area (Å²) in [5, 5.41) is 23.2. The normalized spacial score (nSPS) is 13.0. The number of hydrogen-bond acceptors (Lipinski definition) is 7. The fourth-order valence-corrected chi connectivity index (χ4v) is 5.24. The second-order valence-electron chi connectivity index (χ2n) is 11.4. The molecule has 4 rings (SSSR count). The molecule has 2 aromatic carbocycles. The lowest BCUT2D eigenvalue weighted by Crippen LogP contribution is -2.49. The maximum atomic E-state index is 13.0. The largest absolute Gasteiger partial charge is 0.479 e. The van der Waals surface area contributed by atoms with Gasteiger partial charge in [0.2, 0.25) is 0 Å². The van der Waals surface area contributed by atoms with E-state index in [0.29, 0.717) is 17.0 Å². The molecule has 1 amide bonds. The maximum Gasteiger partial charge on any atom is 0.333 e. The molecular weight excluding hydrogens is 534 g/mol. The van der Waals surface area contributed by atoms with Crippen molar-refractivity contribution in [1.82, 2.24) is 25.5 Å². The second kappa shape index (κ2) is 12.7. The van der Waals surface area contributed by atoms with Gasteiger partial charge in [-0.15, -0.1) is 10.2 Å². The van der Waals surface area contributed by atoms with E-state index >= 15 is 0 Å². The van der Waals surface area contributed by atoms with Gasteiger partial charge in [-0.2, -0.15) is 0 Å². The van der Waals surface area contributed by atoms with Gasteiger partial charge in [0, 0.05) is 35.5 Å². The summed E-state index contributed by atoms with van der Waals surface area (Å²) in [6, 6.07) is 14.1. The number of carboxylic acid groups (broad SMARTS) is 1. The first-order valence-corrected chi connectivity index (χ1v) is 14.7. The van der Waals surface area contributed by atoms with Crippen LogP contribution < -0.4 is 5.32 Å². The van der Waals surface area contributed by atoms with Gasteiger partial charge in [0.05, 0.1) is 0 Å². The summed E-state index contributed by atoms with van der Waals surface area (Å²) >= 11 is 1.57. The molecule has 0 radical (unpaired) electrons. The van der Waals surface area contributed by atoms with Crippen LogP contribution in [0.3, 0.4) is 0 Å².